The van der Waals surface area contributed by atoms with Crippen LogP contribution in [0.25, 0.3) is 0 Å². The van der Waals surface area contributed by atoms with Crippen LogP contribution >= 0.6 is 0 Å². The zero-order valence-corrected chi connectivity index (χ0v) is 13.0. The molecule has 1 N–H and O–H groups in total. The van der Waals surface area contributed by atoms with Crippen LogP contribution in [0.1, 0.15) is 23.7 Å². The normalized spacial score (nSPS) is 20.1. The van der Waals surface area contributed by atoms with Crippen molar-refractivity contribution in [3.63, 3.8) is 0 Å². The van der Waals surface area contributed by atoms with Gasteiger partial charge in [0.2, 0.25) is 0 Å². The fourth-order valence-electron chi connectivity index (χ4n) is 2.92. The molecule has 0 aromatic heterocycles. The third-order valence-corrected chi connectivity index (χ3v) is 4.11. The van der Waals surface area contributed by atoms with E-state index in [1.807, 2.05) is 0 Å². The minimum Gasteiger partial charge on any atom is -0.379 e. The summed E-state index contributed by atoms with van der Waals surface area (Å²) in [6.45, 7) is 2.16. The maximum atomic E-state index is 13.4. The Morgan fingerprint density at radius 1 is 1.21 bits per heavy atom. The molecule has 0 spiro atoms. The highest BCUT2D eigenvalue weighted by molar-refractivity contribution is 5.54. The fraction of sp³-hybridized carbons (Fsp3) is 0.294. The number of hydrogen-bond acceptors (Lipinski definition) is 4. The summed E-state index contributed by atoms with van der Waals surface area (Å²) in [5.74, 6) is -1.81. The predicted molar refractivity (Wildman–Crippen MR) is 84.9 cm³/mol. The number of ether oxygens (including phenoxy) is 1. The average molecular weight is 334 g/mol. The number of rotatable bonds is 4. The van der Waals surface area contributed by atoms with Crippen LogP contribution in [0.4, 0.5) is 20.2 Å². The second-order valence-corrected chi connectivity index (χ2v) is 5.76. The van der Waals surface area contributed by atoms with Gasteiger partial charge in [-0.1, -0.05) is 6.07 Å². The summed E-state index contributed by atoms with van der Waals surface area (Å²) in [6.07, 6.45) is 0.287. The fourth-order valence-corrected chi connectivity index (χ4v) is 2.92. The van der Waals surface area contributed by atoms with Gasteiger partial charge in [0.25, 0.3) is 5.69 Å². The number of halogens is 2. The quantitative estimate of drug-likeness (QED) is 0.675. The van der Waals surface area contributed by atoms with E-state index in [9.17, 15) is 18.9 Å². The third kappa shape index (κ3) is 3.21. The molecule has 2 unspecified atom stereocenters. The Morgan fingerprint density at radius 3 is 2.67 bits per heavy atom. The van der Waals surface area contributed by atoms with Gasteiger partial charge in [0, 0.05) is 23.9 Å². The number of nitro groups is 1. The van der Waals surface area contributed by atoms with Gasteiger partial charge in [-0.2, -0.15) is 0 Å². The summed E-state index contributed by atoms with van der Waals surface area (Å²) in [4.78, 5) is 10.4. The van der Waals surface area contributed by atoms with E-state index in [0.717, 1.165) is 17.8 Å². The van der Waals surface area contributed by atoms with E-state index in [-0.39, 0.29) is 11.7 Å². The Balaban J connectivity index is 1.80. The molecule has 0 amide bonds. The summed E-state index contributed by atoms with van der Waals surface area (Å²) < 4.78 is 32.2. The Hall–Kier alpha value is -2.54. The highest BCUT2D eigenvalue weighted by Gasteiger charge is 2.30. The number of aryl methyl sites for hydroxylation is 1. The highest BCUT2D eigenvalue weighted by atomic mass is 19.2. The van der Waals surface area contributed by atoms with Gasteiger partial charge in [-0.3, -0.25) is 10.1 Å². The highest BCUT2D eigenvalue weighted by Crippen LogP contribution is 2.33. The van der Waals surface area contributed by atoms with Gasteiger partial charge in [0.15, 0.2) is 11.6 Å². The van der Waals surface area contributed by atoms with Crippen molar-refractivity contribution in [2.24, 2.45) is 0 Å². The van der Waals surface area contributed by atoms with Crippen molar-refractivity contribution < 1.29 is 18.4 Å². The monoisotopic (exact) mass is 334 g/mol. The van der Waals surface area contributed by atoms with Gasteiger partial charge < -0.3 is 10.1 Å². The first-order valence-corrected chi connectivity index (χ1v) is 7.54. The van der Waals surface area contributed by atoms with Crippen LogP contribution in [0.5, 0.6) is 0 Å². The van der Waals surface area contributed by atoms with E-state index in [0.29, 0.717) is 24.2 Å². The summed E-state index contributed by atoms with van der Waals surface area (Å²) in [7, 11) is 0. The number of nitro benzene ring substituents is 1. The minimum atomic E-state index is -0.909. The molecular formula is C17H16F2N2O3. The van der Waals surface area contributed by atoms with Gasteiger partial charge >= 0.3 is 0 Å². The number of nitrogens with one attached hydrogen (secondary N) is 1. The van der Waals surface area contributed by atoms with Crippen LogP contribution < -0.4 is 5.32 Å². The summed E-state index contributed by atoms with van der Waals surface area (Å²) in [6, 6.07) is 8.37. The maximum Gasteiger partial charge on any atom is 0.272 e. The van der Waals surface area contributed by atoms with E-state index in [1.165, 1.54) is 12.1 Å². The molecule has 1 fully saturated rings. The van der Waals surface area contributed by atoms with E-state index in [4.69, 9.17) is 4.74 Å². The van der Waals surface area contributed by atoms with E-state index in [2.05, 4.69) is 5.32 Å². The topological polar surface area (TPSA) is 64.4 Å². The van der Waals surface area contributed by atoms with E-state index >= 15 is 0 Å². The van der Waals surface area contributed by atoms with Gasteiger partial charge in [-0.25, -0.2) is 8.78 Å². The lowest BCUT2D eigenvalue weighted by Gasteiger charge is -2.21. The Morgan fingerprint density at radius 2 is 2.00 bits per heavy atom. The molecule has 2 atom stereocenters. The molecule has 0 bridgehead atoms. The average Bonchev–Trinajstić information content (AvgIpc) is 2.98. The number of anilines is 1. The van der Waals surface area contributed by atoms with Crippen molar-refractivity contribution in [3.05, 3.63) is 69.3 Å². The molecule has 1 saturated heterocycles. The molecule has 3 rings (SSSR count). The largest absolute Gasteiger partial charge is 0.379 e. The standard InChI is InChI=1S/C17H16F2N2O3/c1-10-8-12(3-5-16(10)21(22)23)20-15-6-7-24-17(15)11-2-4-13(18)14(19)9-11/h2-5,8-9,15,17,20H,6-7H2,1H3. The van der Waals surface area contributed by atoms with E-state index < -0.39 is 22.7 Å². The van der Waals surface area contributed by atoms with E-state index in [1.54, 1.807) is 19.1 Å². The van der Waals surface area contributed by atoms with Crippen LogP contribution in [0.3, 0.4) is 0 Å². The van der Waals surface area contributed by atoms with Crippen LogP contribution in [0.2, 0.25) is 0 Å². The molecule has 5 nitrogen and oxygen atoms in total. The van der Waals surface area contributed by atoms with Crippen molar-refractivity contribution in [1.29, 1.82) is 0 Å². The number of hydrogen-bond donors (Lipinski definition) is 1. The SMILES string of the molecule is Cc1cc(NC2CCOC2c2ccc(F)c(F)c2)ccc1[N+](=O)[O-]. The predicted octanol–water partition coefficient (Wildman–Crippen LogP) is 4.12. The summed E-state index contributed by atoms with van der Waals surface area (Å²) >= 11 is 0. The zero-order chi connectivity index (χ0) is 17.3. The van der Waals surface area contributed by atoms with Gasteiger partial charge in [-0.05, 0) is 43.2 Å². The molecule has 0 aliphatic carbocycles. The smallest absolute Gasteiger partial charge is 0.272 e. The summed E-state index contributed by atoms with van der Waals surface area (Å²) in [5.41, 5.74) is 1.89. The van der Waals surface area contributed by atoms with Gasteiger partial charge in [-0.15, -0.1) is 0 Å². The first-order chi connectivity index (χ1) is 11.5. The van der Waals surface area contributed by atoms with Crippen molar-refractivity contribution in [2.75, 3.05) is 11.9 Å². The second-order valence-electron chi connectivity index (χ2n) is 5.76. The molecule has 1 aliphatic heterocycles. The lowest BCUT2D eigenvalue weighted by molar-refractivity contribution is -0.385. The lowest BCUT2D eigenvalue weighted by Crippen LogP contribution is -2.23. The lowest BCUT2D eigenvalue weighted by atomic mass is 10.0. The van der Waals surface area contributed by atoms with Gasteiger partial charge in [0.05, 0.1) is 11.0 Å². The molecule has 2 aromatic rings. The van der Waals surface area contributed by atoms with Crippen molar-refractivity contribution in [1.82, 2.24) is 0 Å². The molecule has 2 aromatic carbocycles. The third-order valence-electron chi connectivity index (χ3n) is 4.11. The molecule has 7 heteroatoms. The molecule has 126 valence electrons. The first-order valence-electron chi connectivity index (χ1n) is 7.54. The Kier molecular flexibility index (Phi) is 4.44. The van der Waals surface area contributed by atoms with Crippen LogP contribution in [0, 0.1) is 28.7 Å². The second kappa shape index (κ2) is 6.52. The molecule has 0 saturated carbocycles. The van der Waals surface area contributed by atoms with Crippen LogP contribution in [0.15, 0.2) is 36.4 Å². The molecule has 24 heavy (non-hydrogen) atoms. The molecule has 0 radical (unpaired) electrons. The molecule has 1 heterocycles. The van der Waals surface area contributed by atoms with Gasteiger partial charge in [0.1, 0.15) is 6.10 Å². The number of benzene rings is 2. The Bertz CT molecular complexity index is 782. The molecular weight excluding hydrogens is 318 g/mol. The van der Waals surface area contributed by atoms with Crippen molar-refractivity contribution in [2.45, 2.75) is 25.5 Å². The first kappa shape index (κ1) is 16.3. The zero-order valence-electron chi connectivity index (χ0n) is 13.0. The van der Waals surface area contributed by atoms with Crippen molar-refractivity contribution >= 4 is 11.4 Å². The Labute approximate surface area is 137 Å². The van der Waals surface area contributed by atoms with Crippen LogP contribution in [-0.2, 0) is 4.74 Å². The maximum absolute atomic E-state index is 13.4. The minimum absolute atomic E-state index is 0.0559. The number of nitrogens with zero attached hydrogens (tertiary/aromatic N) is 1. The molecule has 1 aliphatic rings. The summed E-state index contributed by atoms with van der Waals surface area (Å²) in [5, 5.41) is 14.1. The van der Waals surface area contributed by atoms with Crippen LogP contribution in [-0.4, -0.2) is 17.6 Å². The van der Waals surface area contributed by atoms with Crippen molar-refractivity contribution in [3.8, 4) is 0 Å².